The van der Waals surface area contributed by atoms with Crippen molar-refractivity contribution in [2.75, 3.05) is 17.1 Å². The fraction of sp³-hybridized carbons (Fsp3) is 0.160. The first-order chi connectivity index (χ1) is 16.0. The highest BCUT2D eigenvalue weighted by atomic mass is 19.1. The molecule has 8 heteroatoms. The lowest BCUT2D eigenvalue weighted by Crippen LogP contribution is -2.37. The Bertz CT molecular complexity index is 1210. The van der Waals surface area contributed by atoms with Crippen molar-refractivity contribution in [2.24, 2.45) is 5.92 Å². The lowest BCUT2D eigenvalue weighted by atomic mass is 9.90. The number of hydrogen-bond donors (Lipinski definition) is 0. The van der Waals surface area contributed by atoms with Crippen molar-refractivity contribution in [3.63, 3.8) is 0 Å². The molecule has 3 aromatic carbocycles. The molecule has 0 N–H and O–H groups in total. The van der Waals surface area contributed by atoms with Crippen molar-refractivity contribution in [1.29, 1.82) is 0 Å². The van der Waals surface area contributed by atoms with Crippen molar-refractivity contribution in [2.45, 2.75) is 12.1 Å². The highest BCUT2D eigenvalue weighted by molar-refractivity contribution is 6.24. The zero-order chi connectivity index (χ0) is 23.1. The molecular weight excluding hydrogens is 427 g/mol. The summed E-state index contributed by atoms with van der Waals surface area (Å²) in [5.41, 5.74) is 1.96. The molecule has 0 unspecified atom stereocenters. The quantitative estimate of drug-likeness (QED) is 0.450. The van der Waals surface area contributed by atoms with Crippen molar-refractivity contribution < 1.29 is 28.3 Å². The van der Waals surface area contributed by atoms with Gasteiger partial charge in [-0.1, -0.05) is 30.3 Å². The monoisotopic (exact) mass is 446 g/mol. The van der Waals surface area contributed by atoms with Crippen LogP contribution in [0.4, 0.5) is 15.8 Å². The number of anilines is 2. The second kappa shape index (κ2) is 8.14. The van der Waals surface area contributed by atoms with Crippen LogP contribution in [0.3, 0.4) is 0 Å². The smallest absolute Gasteiger partial charge is 0.337 e. The first kappa shape index (κ1) is 20.8. The van der Waals surface area contributed by atoms with E-state index in [1.54, 1.807) is 17.2 Å². The molecule has 2 saturated heterocycles. The van der Waals surface area contributed by atoms with Crippen molar-refractivity contribution in [3.05, 3.63) is 95.8 Å². The normalized spacial score (nSPS) is 21.9. The van der Waals surface area contributed by atoms with E-state index in [2.05, 4.69) is 0 Å². The summed E-state index contributed by atoms with van der Waals surface area (Å²) < 4.78 is 18.3. The zero-order valence-electron chi connectivity index (χ0n) is 17.6. The predicted octanol–water partition coefficient (Wildman–Crippen LogP) is 3.66. The summed E-state index contributed by atoms with van der Waals surface area (Å²) in [7, 11) is 1.27. The van der Waals surface area contributed by atoms with Crippen molar-refractivity contribution >= 4 is 29.2 Å². The molecule has 3 aromatic rings. The number of carbonyl (C=O) groups excluding carboxylic acids is 3. The highest BCUT2D eigenvalue weighted by Crippen LogP contribution is 2.47. The number of halogens is 1. The number of ether oxygens (including phenoxy) is 1. The van der Waals surface area contributed by atoms with Gasteiger partial charge in [-0.25, -0.2) is 19.1 Å². The van der Waals surface area contributed by atoms with Gasteiger partial charge in [0.2, 0.25) is 5.91 Å². The average molecular weight is 446 g/mol. The zero-order valence-corrected chi connectivity index (χ0v) is 17.6. The molecule has 7 nitrogen and oxygen atoms in total. The summed E-state index contributed by atoms with van der Waals surface area (Å²) in [6.45, 7) is 0. The number of nitrogens with zero attached hydrogens (tertiary/aromatic N) is 2. The van der Waals surface area contributed by atoms with Gasteiger partial charge in [-0.2, -0.15) is 0 Å². The van der Waals surface area contributed by atoms with Gasteiger partial charge < -0.3 is 4.74 Å². The molecule has 0 bridgehead atoms. The summed E-state index contributed by atoms with van der Waals surface area (Å²) >= 11 is 0. The van der Waals surface area contributed by atoms with Crippen LogP contribution >= 0.6 is 0 Å². The Morgan fingerprint density at radius 1 is 0.879 bits per heavy atom. The first-order valence-corrected chi connectivity index (χ1v) is 10.3. The number of fused-ring (bicyclic) bond motifs is 1. The third kappa shape index (κ3) is 3.44. The fourth-order valence-electron chi connectivity index (χ4n) is 4.33. The van der Waals surface area contributed by atoms with E-state index in [1.807, 2.05) is 30.3 Å². The van der Waals surface area contributed by atoms with Crippen molar-refractivity contribution in [3.8, 4) is 0 Å². The van der Waals surface area contributed by atoms with Crippen LogP contribution in [0.25, 0.3) is 0 Å². The van der Waals surface area contributed by atoms with E-state index < -0.39 is 41.7 Å². The van der Waals surface area contributed by atoms with Crippen molar-refractivity contribution in [1.82, 2.24) is 0 Å². The molecule has 2 amide bonds. The van der Waals surface area contributed by atoms with Crippen LogP contribution in [-0.4, -0.2) is 31.0 Å². The lowest BCUT2D eigenvalue weighted by Gasteiger charge is -2.28. The van der Waals surface area contributed by atoms with E-state index in [1.165, 1.54) is 43.5 Å². The van der Waals surface area contributed by atoms with Gasteiger partial charge in [-0.05, 0) is 54.1 Å². The number of rotatable bonds is 4. The summed E-state index contributed by atoms with van der Waals surface area (Å²) in [5, 5.41) is 1.55. The number of benzene rings is 3. The third-order valence-corrected chi connectivity index (χ3v) is 5.88. The van der Waals surface area contributed by atoms with Crippen LogP contribution in [0.5, 0.6) is 0 Å². The Hall–Kier alpha value is -4.04. The summed E-state index contributed by atoms with van der Waals surface area (Å²) in [4.78, 5) is 45.6. The van der Waals surface area contributed by atoms with Crippen LogP contribution in [0, 0.1) is 11.7 Å². The maximum Gasteiger partial charge on any atom is 0.337 e. The van der Waals surface area contributed by atoms with Gasteiger partial charge in [-0.15, -0.1) is 0 Å². The van der Waals surface area contributed by atoms with Crippen LogP contribution < -0.4 is 9.96 Å². The van der Waals surface area contributed by atoms with Gasteiger partial charge in [-0.3, -0.25) is 14.4 Å². The summed E-state index contributed by atoms with van der Waals surface area (Å²) in [6, 6.07) is 20.3. The van der Waals surface area contributed by atoms with Crippen LogP contribution in [0.15, 0.2) is 78.9 Å². The van der Waals surface area contributed by atoms with E-state index in [4.69, 9.17) is 9.57 Å². The lowest BCUT2D eigenvalue weighted by molar-refractivity contribution is -0.126. The first-order valence-electron chi connectivity index (χ1n) is 10.3. The molecule has 2 heterocycles. The van der Waals surface area contributed by atoms with Gasteiger partial charge in [0.05, 0.1) is 30.1 Å². The van der Waals surface area contributed by atoms with Gasteiger partial charge in [0.15, 0.2) is 6.10 Å². The molecule has 2 aliphatic heterocycles. The Balaban J connectivity index is 1.53. The van der Waals surface area contributed by atoms with Gasteiger partial charge in [0.25, 0.3) is 5.91 Å². The minimum absolute atomic E-state index is 0.302. The summed E-state index contributed by atoms with van der Waals surface area (Å²) in [6.07, 6.45) is -1.03. The molecule has 2 aliphatic rings. The van der Waals surface area contributed by atoms with E-state index >= 15 is 0 Å². The standard InChI is InChI=1S/C25H19FN2O5/c1-32-25(31)16-9-13-18(14-10-16)27-23(29)20-21(15-7-11-17(26)12-8-15)28(33-22(20)24(27)30)19-5-3-2-4-6-19/h2-14,20-22H,1H3/t20-,21+,22+/m1/s1. The molecule has 0 spiro atoms. The maximum atomic E-state index is 13.6. The molecular formula is C25H19FN2O5. The van der Waals surface area contributed by atoms with E-state index in [0.717, 1.165) is 4.90 Å². The largest absolute Gasteiger partial charge is 0.465 e. The Morgan fingerprint density at radius 2 is 1.55 bits per heavy atom. The van der Waals surface area contributed by atoms with Crippen LogP contribution in [0.2, 0.25) is 0 Å². The third-order valence-electron chi connectivity index (χ3n) is 5.88. The van der Waals surface area contributed by atoms with Crippen LogP contribution in [0.1, 0.15) is 22.0 Å². The average Bonchev–Trinajstić information content (AvgIpc) is 3.36. The summed E-state index contributed by atoms with van der Waals surface area (Å²) in [5.74, 6) is -2.68. The molecule has 0 aromatic heterocycles. The Morgan fingerprint density at radius 3 is 2.18 bits per heavy atom. The molecule has 3 atom stereocenters. The van der Waals surface area contributed by atoms with Crippen LogP contribution in [-0.2, 0) is 19.2 Å². The minimum atomic E-state index is -1.03. The van der Waals surface area contributed by atoms with Gasteiger partial charge >= 0.3 is 5.97 Å². The SMILES string of the molecule is COC(=O)c1ccc(N2C(=O)[C@H]3[C@H](ON(c4ccccc4)[C@H]3c3ccc(F)cc3)C2=O)cc1. The second-order valence-electron chi connectivity index (χ2n) is 7.76. The highest BCUT2D eigenvalue weighted by Gasteiger charge is 2.60. The van der Waals surface area contributed by atoms with E-state index in [-0.39, 0.29) is 0 Å². The number of carbonyl (C=O) groups is 3. The molecule has 0 radical (unpaired) electrons. The molecule has 2 fully saturated rings. The second-order valence-corrected chi connectivity index (χ2v) is 7.76. The molecule has 166 valence electrons. The number of hydrogen-bond acceptors (Lipinski definition) is 6. The molecule has 0 aliphatic carbocycles. The number of hydroxylamine groups is 1. The predicted molar refractivity (Wildman–Crippen MR) is 117 cm³/mol. The molecule has 0 saturated carbocycles. The number of imide groups is 1. The topological polar surface area (TPSA) is 76.2 Å². The van der Waals surface area contributed by atoms with Gasteiger partial charge in [0.1, 0.15) is 11.7 Å². The Kier molecular flexibility index (Phi) is 5.14. The number of esters is 1. The molecule has 33 heavy (non-hydrogen) atoms. The number of para-hydroxylation sites is 1. The fourth-order valence-corrected chi connectivity index (χ4v) is 4.33. The maximum absolute atomic E-state index is 13.6. The van der Waals surface area contributed by atoms with Gasteiger partial charge in [0, 0.05) is 0 Å². The number of amides is 2. The van der Waals surface area contributed by atoms with E-state index in [0.29, 0.717) is 22.5 Å². The van der Waals surface area contributed by atoms with E-state index in [9.17, 15) is 18.8 Å². The number of methoxy groups -OCH3 is 1. The molecule has 5 rings (SSSR count). The Labute approximate surface area is 188 Å². The minimum Gasteiger partial charge on any atom is -0.465 e.